The molecule has 1 heterocycles. The third-order valence-electron chi connectivity index (χ3n) is 4.20. The van der Waals surface area contributed by atoms with Crippen molar-refractivity contribution in [3.63, 3.8) is 0 Å². The maximum absolute atomic E-state index is 12.5. The first kappa shape index (κ1) is 15.0. The second-order valence-corrected chi connectivity index (χ2v) is 5.59. The smallest absolute Gasteiger partial charge is 0.317 e. The van der Waals surface area contributed by atoms with Crippen molar-refractivity contribution in [3.8, 4) is 0 Å². The third kappa shape index (κ3) is 2.85. The van der Waals surface area contributed by atoms with E-state index in [2.05, 4.69) is 0 Å². The minimum absolute atomic E-state index is 0.0640. The molecule has 6 nitrogen and oxygen atoms in total. The first-order valence-corrected chi connectivity index (χ1v) is 7.33. The molecule has 1 N–H and O–H groups in total. The summed E-state index contributed by atoms with van der Waals surface area (Å²) in [5, 5.41) is 8.99. The van der Waals surface area contributed by atoms with Gasteiger partial charge in [0.1, 0.15) is 0 Å². The number of amides is 2. The fraction of sp³-hybridized carbons (Fsp3) is 0.786. The largest absolute Gasteiger partial charge is 0.480 e. The number of hydrogen-bond donors (Lipinski definition) is 1. The maximum atomic E-state index is 12.5. The molecule has 20 heavy (non-hydrogen) atoms. The van der Waals surface area contributed by atoms with Gasteiger partial charge in [0.2, 0.25) is 11.8 Å². The highest BCUT2D eigenvalue weighted by Gasteiger charge is 2.48. The van der Waals surface area contributed by atoms with E-state index in [0.717, 1.165) is 25.7 Å². The number of likely N-dealkylation sites (tertiary alicyclic amines) is 1. The van der Waals surface area contributed by atoms with E-state index in [4.69, 9.17) is 5.11 Å². The van der Waals surface area contributed by atoms with Crippen molar-refractivity contribution < 1.29 is 19.5 Å². The highest BCUT2D eigenvalue weighted by Crippen LogP contribution is 2.33. The maximum Gasteiger partial charge on any atom is 0.317 e. The van der Waals surface area contributed by atoms with E-state index in [0.29, 0.717) is 0 Å². The SMILES string of the molecule is CCC(CC)N1C(=O)CC(N(CC(=O)O)C2CC2)C1=O. The summed E-state index contributed by atoms with van der Waals surface area (Å²) in [6.45, 7) is 3.75. The molecule has 0 aromatic rings. The molecule has 1 saturated heterocycles. The lowest BCUT2D eigenvalue weighted by Crippen LogP contribution is -2.47. The molecule has 2 rings (SSSR count). The molecule has 1 aliphatic heterocycles. The Kier molecular flexibility index (Phi) is 4.42. The van der Waals surface area contributed by atoms with Crippen LogP contribution in [-0.2, 0) is 14.4 Å². The summed E-state index contributed by atoms with van der Waals surface area (Å²) in [6, 6.07) is -0.493. The molecule has 112 valence electrons. The normalized spacial score (nSPS) is 23.2. The van der Waals surface area contributed by atoms with Gasteiger partial charge in [-0.1, -0.05) is 13.8 Å². The van der Waals surface area contributed by atoms with Crippen LogP contribution in [0.5, 0.6) is 0 Å². The zero-order chi connectivity index (χ0) is 14.9. The standard InChI is InChI=1S/C14H22N2O4/c1-3-9(4-2)16-12(17)7-11(14(16)20)15(8-13(18)19)10-5-6-10/h9-11H,3-8H2,1-2H3,(H,18,19). The lowest BCUT2D eigenvalue weighted by atomic mass is 10.1. The van der Waals surface area contributed by atoms with Crippen molar-refractivity contribution in [2.45, 2.75) is 64.1 Å². The molecule has 0 bridgehead atoms. The van der Waals surface area contributed by atoms with Crippen LogP contribution in [0, 0.1) is 0 Å². The van der Waals surface area contributed by atoms with Crippen molar-refractivity contribution in [2.24, 2.45) is 0 Å². The van der Waals surface area contributed by atoms with Crippen LogP contribution in [0.1, 0.15) is 46.0 Å². The Morgan fingerprint density at radius 2 is 1.95 bits per heavy atom. The van der Waals surface area contributed by atoms with Gasteiger partial charge in [-0.3, -0.25) is 24.2 Å². The van der Waals surface area contributed by atoms with Gasteiger partial charge in [-0.25, -0.2) is 0 Å². The van der Waals surface area contributed by atoms with Gasteiger partial charge in [-0.05, 0) is 25.7 Å². The Labute approximate surface area is 118 Å². The van der Waals surface area contributed by atoms with Gasteiger partial charge in [0.05, 0.1) is 19.0 Å². The minimum atomic E-state index is -0.946. The third-order valence-corrected chi connectivity index (χ3v) is 4.20. The van der Waals surface area contributed by atoms with E-state index in [1.54, 1.807) is 4.90 Å². The van der Waals surface area contributed by atoms with E-state index in [9.17, 15) is 14.4 Å². The number of hydrogen-bond acceptors (Lipinski definition) is 4. The van der Waals surface area contributed by atoms with Crippen molar-refractivity contribution in [3.05, 3.63) is 0 Å². The monoisotopic (exact) mass is 282 g/mol. The fourth-order valence-electron chi connectivity index (χ4n) is 2.99. The lowest BCUT2D eigenvalue weighted by molar-refractivity contribution is -0.143. The predicted octanol–water partition coefficient (Wildman–Crippen LogP) is 0.851. The Morgan fingerprint density at radius 1 is 1.35 bits per heavy atom. The van der Waals surface area contributed by atoms with Crippen LogP contribution in [0.4, 0.5) is 0 Å². The zero-order valence-corrected chi connectivity index (χ0v) is 12.0. The van der Waals surface area contributed by atoms with Gasteiger partial charge >= 0.3 is 5.97 Å². The number of rotatable bonds is 7. The molecular weight excluding hydrogens is 260 g/mol. The zero-order valence-electron chi connectivity index (χ0n) is 12.0. The van der Waals surface area contributed by atoms with Gasteiger partial charge in [-0.2, -0.15) is 0 Å². The summed E-state index contributed by atoms with van der Waals surface area (Å²) in [5.74, 6) is -1.32. The van der Waals surface area contributed by atoms with Gasteiger partial charge in [0.25, 0.3) is 0 Å². The van der Waals surface area contributed by atoms with Crippen molar-refractivity contribution in [1.29, 1.82) is 0 Å². The van der Waals surface area contributed by atoms with Gasteiger partial charge in [0, 0.05) is 12.1 Å². The summed E-state index contributed by atoms with van der Waals surface area (Å²) in [4.78, 5) is 38.6. The van der Waals surface area contributed by atoms with Gasteiger partial charge in [-0.15, -0.1) is 0 Å². The van der Waals surface area contributed by atoms with E-state index in [-0.39, 0.29) is 36.9 Å². The number of carboxylic acids is 1. The average Bonchev–Trinajstić information content (AvgIpc) is 3.18. The molecule has 0 radical (unpaired) electrons. The quantitative estimate of drug-likeness (QED) is 0.700. The van der Waals surface area contributed by atoms with Crippen molar-refractivity contribution in [1.82, 2.24) is 9.80 Å². The van der Waals surface area contributed by atoms with E-state index in [1.165, 1.54) is 4.90 Å². The van der Waals surface area contributed by atoms with Crippen molar-refractivity contribution in [2.75, 3.05) is 6.54 Å². The van der Waals surface area contributed by atoms with Crippen LogP contribution >= 0.6 is 0 Å². The highest BCUT2D eigenvalue weighted by molar-refractivity contribution is 6.06. The van der Waals surface area contributed by atoms with Crippen LogP contribution in [0.25, 0.3) is 0 Å². The van der Waals surface area contributed by atoms with Crippen LogP contribution in [0.2, 0.25) is 0 Å². The molecule has 1 saturated carbocycles. The van der Waals surface area contributed by atoms with Crippen LogP contribution in [0.3, 0.4) is 0 Å². The summed E-state index contributed by atoms with van der Waals surface area (Å²) in [6.07, 6.45) is 3.43. The first-order chi connectivity index (χ1) is 9.49. The molecule has 2 amide bonds. The number of carboxylic acid groups (broad SMARTS) is 1. The molecule has 0 aromatic heterocycles. The summed E-state index contributed by atoms with van der Waals surface area (Å²) < 4.78 is 0. The Hall–Kier alpha value is -1.43. The van der Waals surface area contributed by atoms with E-state index < -0.39 is 12.0 Å². The molecule has 1 atom stereocenters. The van der Waals surface area contributed by atoms with Gasteiger partial charge < -0.3 is 5.11 Å². The topological polar surface area (TPSA) is 77.9 Å². The highest BCUT2D eigenvalue weighted by atomic mass is 16.4. The van der Waals surface area contributed by atoms with Crippen LogP contribution in [0.15, 0.2) is 0 Å². The molecule has 2 fully saturated rings. The van der Waals surface area contributed by atoms with Crippen LogP contribution < -0.4 is 0 Å². The van der Waals surface area contributed by atoms with Gasteiger partial charge in [0.15, 0.2) is 0 Å². The number of carbonyl (C=O) groups excluding carboxylic acids is 2. The lowest BCUT2D eigenvalue weighted by Gasteiger charge is -2.28. The Bertz CT molecular complexity index is 415. The second kappa shape index (κ2) is 5.91. The number of imide groups is 1. The van der Waals surface area contributed by atoms with E-state index >= 15 is 0 Å². The second-order valence-electron chi connectivity index (χ2n) is 5.59. The Balaban J connectivity index is 2.15. The predicted molar refractivity (Wildman–Crippen MR) is 72.0 cm³/mol. The molecule has 0 spiro atoms. The molecule has 0 aromatic carbocycles. The molecule has 1 aliphatic carbocycles. The number of carbonyl (C=O) groups is 3. The van der Waals surface area contributed by atoms with Crippen LogP contribution in [-0.4, -0.2) is 57.4 Å². The van der Waals surface area contributed by atoms with Crippen molar-refractivity contribution >= 4 is 17.8 Å². The molecule has 6 heteroatoms. The fourth-order valence-corrected chi connectivity index (χ4v) is 2.99. The molecule has 1 unspecified atom stereocenters. The average molecular weight is 282 g/mol. The molecular formula is C14H22N2O4. The summed E-state index contributed by atoms with van der Waals surface area (Å²) in [7, 11) is 0. The first-order valence-electron chi connectivity index (χ1n) is 7.33. The Morgan fingerprint density at radius 3 is 2.40 bits per heavy atom. The summed E-state index contributed by atoms with van der Waals surface area (Å²) in [5.41, 5.74) is 0. The minimum Gasteiger partial charge on any atom is -0.480 e. The molecule has 2 aliphatic rings. The van der Waals surface area contributed by atoms with E-state index in [1.807, 2.05) is 13.8 Å². The number of aliphatic carboxylic acids is 1. The summed E-state index contributed by atoms with van der Waals surface area (Å²) >= 11 is 0. The number of nitrogens with zero attached hydrogens (tertiary/aromatic N) is 2.